The third-order valence-electron chi connectivity index (χ3n) is 3.89. The maximum Gasteiger partial charge on any atom is 0.612 e. The molecule has 1 fully saturated rings. The van der Waals surface area contributed by atoms with Gasteiger partial charge in [-0.15, -0.1) is 19.7 Å². The highest BCUT2D eigenvalue weighted by molar-refractivity contribution is 6.98. The van der Waals surface area contributed by atoms with E-state index < -0.39 is 50.2 Å². The van der Waals surface area contributed by atoms with Gasteiger partial charge in [0.05, 0.1) is 0 Å². The molecule has 7 nitrogen and oxygen atoms in total. The van der Waals surface area contributed by atoms with Gasteiger partial charge in [-0.3, -0.25) is 0 Å². The van der Waals surface area contributed by atoms with Gasteiger partial charge >= 0.3 is 50.2 Å². The minimum atomic E-state index is -3.17. The average Bonchev–Trinajstić information content (AvgIpc) is 2.63. The molecule has 0 spiro atoms. The number of allylic oxidation sites excluding steroid dienone is 1. The lowest BCUT2D eigenvalue weighted by atomic mass is 10.7. The van der Waals surface area contributed by atoms with E-state index >= 15 is 0 Å². The minimum absolute atomic E-state index is 0.458. The van der Waals surface area contributed by atoms with Crippen LogP contribution in [0.3, 0.4) is 0 Å². The lowest BCUT2D eigenvalue weighted by molar-refractivity contribution is -0.129. The Labute approximate surface area is 174 Å². The van der Waals surface area contributed by atoms with Crippen molar-refractivity contribution in [1.29, 1.82) is 0 Å². The summed E-state index contributed by atoms with van der Waals surface area (Å²) in [6.07, 6.45) is 2.81. The van der Waals surface area contributed by atoms with Gasteiger partial charge in [-0.05, 0) is 33.1 Å². The summed E-state index contributed by atoms with van der Waals surface area (Å²) in [7, 11) is -12.3. The number of carbonyl (C=O) groups is 1. The predicted octanol–water partition coefficient (Wildman–Crippen LogP) is 3.25. The van der Waals surface area contributed by atoms with Crippen molar-refractivity contribution in [1.82, 2.24) is 0 Å². The first-order valence-corrected chi connectivity index (χ1v) is 18.9. The van der Waals surface area contributed by atoms with E-state index in [4.69, 9.17) is 25.3 Å². The van der Waals surface area contributed by atoms with Crippen molar-refractivity contribution < 1.29 is 30.1 Å². The Balaban J connectivity index is 3.30. The van der Waals surface area contributed by atoms with Gasteiger partial charge in [0.25, 0.3) is 0 Å². The van der Waals surface area contributed by atoms with Crippen molar-refractivity contribution >= 4 is 50.2 Å². The predicted molar refractivity (Wildman–Crippen MR) is 118 cm³/mol. The van der Waals surface area contributed by atoms with Gasteiger partial charge in [-0.1, -0.05) is 29.8 Å². The molecule has 0 aromatic heterocycles. The first kappa shape index (κ1) is 24.9. The van der Waals surface area contributed by atoms with E-state index in [1.807, 2.05) is 26.2 Å². The highest BCUT2D eigenvalue weighted by Gasteiger charge is 2.57. The van der Waals surface area contributed by atoms with Crippen molar-refractivity contribution in [2.24, 2.45) is 0 Å². The van der Waals surface area contributed by atoms with E-state index in [1.165, 1.54) is 0 Å². The third-order valence-corrected chi connectivity index (χ3v) is 21.0. The fraction of sp³-hybridized carbons (Fsp3) is 0.312. The van der Waals surface area contributed by atoms with Crippen LogP contribution in [-0.4, -0.2) is 50.2 Å². The molecule has 1 aliphatic heterocycles. The van der Waals surface area contributed by atoms with Crippen LogP contribution in [0.2, 0.25) is 26.2 Å². The van der Waals surface area contributed by atoms with Crippen molar-refractivity contribution in [2.75, 3.05) is 0 Å². The van der Waals surface area contributed by atoms with Crippen LogP contribution >= 0.6 is 0 Å². The molecule has 12 heteroatoms. The van der Waals surface area contributed by atoms with Crippen LogP contribution < -0.4 is 0 Å². The highest BCUT2D eigenvalue weighted by Crippen LogP contribution is 2.35. The fourth-order valence-electron chi connectivity index (χ4n) is 2.57. The van der Waals surface area contributed by atoms with Crippen LogP contribution in [0.25, 0.3) is 0 Å². The van der Waals surface area contributed by atoms with Crippen LogP contribution in [0, 0.1) is 0 Å². The molecule has 0 bridgehead atoms. The largest absolute Gasteiger partial charge is 0.612 e. The van der Waals surface area contributed by atoms with Crippen molar-refractivity contribution in [2.45, 2.75) is 33.1 Å². The summed E-state index contributed by atoms with van der Waals surface area (Å²) in [5, 5.41) is 0.458. The molecule has 1 heterocycles. The fourth-order valence-corrected chi connectivity index (χ4v) is 22.0. The van der Waals surface area contributed by atoms with Crippen LogP contribution in [0.15, 0.2) is 60.9 Å². The molecule has 0 N–H and O–H groups in total. The van der Waals surface area contributed by atoms with Crippen LogP contribution in [-0.2, 0) is 30.1 Å². The second-order valence-electron chi connectivity index (χ2n) is 6.48. The van der Waals surface area contributed by atoms with E-state index in [1.54, 1.807) is 30.1 Å². The van der Waals surface area contributed by atoms with Gasteiger partial charge in [-0.25, -0.2) is 4.79 Å². The molecule has 2 unspecified atom stereocenters. The van der Waals surface area contributed by atoms with E-state index in [0.29, 0.717) is 5.38 Å². The molecule has 0 saturated carbocycles. The van der Waals surface area contributed by atoms with Gasteiger partial charge in [-0.2, -0.15) is 0 Å². The smallest absolute Gasteiger partial charge is 0.511 e. The first-order valence-electron chi connectivity index (χ1n) is 8.56. The topological polar surface area (TPSA) is 72.5 Å². The van der Waals surface area contributed by atoms with E-state index in [2.05, 4.69) is 26.3 Å². The number of hydrogen-bond donors (Lipinski definition) is 0. The molecule has 2 atom stereocenters. The molecule has 0 aliphatic carbocycles. The summed E-state index contributed by atoms with van der Waals surface area (Å²) in [6.45, 7) is 24.3. The Morgan fingerprint density at radius 3 is 1.61 bits per heavy atom. The zero-order valence-electron chi connectivity index (χ0n) is 17.1. The van der Waals surface area contributed by atoms with Gasteiger partial charge in [0.2, 0.25) is 0 Å². The molecular weight excluding hydrogens is 445 g/mol. The lowest BCUT2D eigenvalue weighted by Crippen LogP contribution is -2.67. The van der Waals surface area contributed by atoms with Crippen LogP contribution in [0.1, 0.15) is 6.92 Å². The molecule has 0 aromatic carbocycles. The standard InChI is InChI=1S/C16H28O7Si5/c1-10-15(17)18-24-19-16(11-2)28(9)22-26(7,13-4)20-25(6,12-3)21-27(8,14-5)23-28/h10-14H,1,3-5H2,2,6-9H3. The van der Waals surface area contributed by atoms with Gasteiger partial charge in [0.15, 0.2) is 0 Å². The molecule has 1 saturated heterocycles. The molecule has 1 rings (SSSR count). The second kappa shape index (κ2) is 9.60. The maximum absolute atomic E-state index is 11.3. The Morgan fingerprint density at radius 2 is 1.25 bits per heavy atom. The first-order chi connectivity index (χ1) is 12.9. The zero-order chi connectivity index (χ0) is 21.6. The summed E-state index contributed by atoms with van der Waals surface area (Å²) in [5.41, 5.74) is 5.08. The monoisotopic (exact) mass is 472 g/mol. The zero-order valence-corrected chi connectivity index (χ0v) is 22.1. The van der Waals surface area contributed by atoms with E-state index in [-0.39, 0.29) is 0 Å². The van der Waals surface area contributed by atoms with Crippen molar-refractivity contribution in [3.05, 3.63) is 60.9 Å². The van der Waals surface area contributed by atoms with Crippen molar-refractivity contribution in [3.8, 4) is 0 Å². The minimum Gasteiger partial charge on any atom is -0.511 e. The second-order valence-corrected chi connectivity index (χ2v) is 20.0. The molecule has 1 aliphatic rings. The Kier molecular flexibility index (Phi) is 8.54. The number of hydrogen-bond acceptors (Lipinski definition) is 7. The maximum atomic E-state index is 11.3. The number of carbonyl (C=O) groups excluding carboxylic acids is 1. The van der Waals surface area contributed by atoms with E-state index in [9.17, 15) is 4.79 Å². The highest BCUT2D eigenvalue weighted by atomic mass is 28.5. The third kappa shape index (κ3) is 6.20. The molecule has 154 valence electrons. The summed E-state index contributed by atoms with van der Waals surface area (Å²) in [4.78, 5) is 11.3. The van der Waals surface area contributed by atoms with E-state index in [0.717, 1.165) is 6.08 Å². The average molecular weight is 473 g/mol. The molecular formula is C16H28O7Si5. The summed E-state index contributed by atoms with van der Waals surface area (Å²) < 4.78 is 36.4. The lowest BCUT2D eigenvalue weighted by Gasteiger charge is -2.47. The quantitative estimate of drug-likeness (QED) is 0.305. The molecule has 2 radical (unpaired) electrons. The summed E-state index contributed by atoms with van der Waals surface area (Å²) >= 11 is 0. The summed E-state index contributed by atoms with van der Waals surface area (Å²) in [6, 6.07) is 0. The number of rotatable bonds is 8. The van der Waals surface area contributed by atoms with Crippen LogP contribution in [0.5, 0.6) is 0 Å². The Morgan fingerprint density at radius 1 is 0.821 bits per heavy atom. The van der Waals surface area contributed by atoms with Crippen molar-refractivity contribution in [3.63, 3.8) is 0 Å². The molecule has 0 amide bonds. The summed E-state index contributed by atoms with van der Waals surface area (Å²) in [5.74, 6) is -0.574. The van der Waals surface area contributed by atoms with Crippen LogP contribution in [0.4, 0.5) is 0 Å². The van der Waals surface area contributed by atoms with Gasteiger partial charge < -0.3 is 25.3 Å². The van der Waals surface area contributed by atoms with Gasteiger partial charge in [0, 0.05) is 6.08 Å². The Bertz CT molecular complexity index is 656. The molecule has 0 aromatic rings. The Hall–Kier alpha value is -1.11. The normalized spacial score (nSPS) is 36.4. The SMILES string of the molecule is C=CC(=O)O[Si]OC(=CC)[Si]1(C)O[Si](C)(C=C)O[Si](C)(C=C)O[Si](C)(C=C)O1. The van der Waals surface area contributed by atoms with Gasteiger partial charge in [0.1, 0.15) is 5.38 Å². The molecule has 28 heavy (non-hydrogen) atoms.